The van der Waals surface area contributed by atoms with Crippen molar-refractivity contribution in [1.82, 2.24) is 9.62 Å². The van der Waals surface area contributed by atoms with Crippen LogP contribution in [0.15, 0.2) is 0 Å². The predicted octanol–water partition coefficient (Wildman–Crippen LogP) is 1.45. The average molecular weight is 206 g/mol. The van der Waals surface area contributed by atoms with Gasteiger partial charge in [-0.3, -0.25) is 0 Å². The fourth-order valence-corrected chi connectivity index (χ4v) is 1.04. The maximum Gasteiger partial charge on any atom is 0.428 e. The molecule has 1 N–H and O–H groups in total. The number of hydrogen-bond donors (Lipinski definition) is 1. The van der Waals surface area contributed by atoms with Crippen molar-refractivity contribution in [3.05, 3.63) is 0 Å². The topological polar surface area (TPSA) is 58.6 Å². The third-order valence-electron chi connectivity index (χ3n) is 1.08. The van der Waals surface area contributed by atoms with Crippen LogP contribution in [-0.2, 0) is 4.74 Å². The zero-order chi connectivity index (χ0) is 10.4. The molecule has 76 valence electrons. The van der Waals surface area contributed by atoms with Crippen molar-refractivity contribution in [3.8, 4) is 0 Å². The van der Waals surface area contributed by atoms with Crippen LogP contribution in [0, 0.1) is 0 Å². The fourth-order valence-electron chi connectivity index (χ4n) is 0.591. The third-order valence-corrected chi connectivity index (χ3v) is 1.76. The molecule has 0 heterocycles. The molecule has 0 fully saturated rings. The molecule has 3 amide bonds. The summed E-state index contributed by atoms with van der Waals surface area (Å²) in [5.41, 5.74) is 0. The maximum absolute atomic E-state index is 11.2. The number of nitrogens with one attached hydrogen (secondary N) is 1. The van der Waals surface area contributed by atoms with E-state index >= 15 is 0 Å². The second-order valence-electron chi connectivity index (χ2n) is 2.46. The Morgan fingerprint density at radius 2 is 2.00 bits per heavy atom. The Hall–Kier alpha value is -0.910. The summed E-state index contributed by atoms with van der Waals surface area (Å²) in [4.78, 5) is 22.3. The van der Waals surface area contributed by atoms with E-state index in [4.69, 9.17) is 4.74 Å². The van der Waals surface area contributed by atoms with Gasteiger partial charge in [-0.05, 0) is 25.8 Å². The number of hydrogen-bond acceptors (Lipinski definition) is 4. The number of rotatable bonds is 2. The molecule has 6 heteroatoms. The monoisotopic (exact) mass is 206 g/mol. The minimum absolute atomic E-state index is 0.230. The summed E-state index contributed by atoms with van der Waals surface area (Å²) in [6, 6.07) is -0.488. The summed E-state index contributed by atoms with van der Waals surface area (Å²) < 4.78 is 5.75. The summed E-state index contributed by atoms with van der Waals surface area (Å²) in [7, 11) is 1.45. The highest BCUT2D eigenvalue weighted by molar-refractivity contribution is 7.97. The van der Waals surface area contributed by atoms with Crippen molar-refractivity contribution < 1.29 is 14.3 Å². The molecule has 5 nitrogen and oxygen atoms in total. The van der Waals surface area contributed by atoms with Crippen molar-refractivity contribution in [2.24, 2.45) is 0 Å². The van der Waals surface area contributed by atoms with Gasteiger partial charge in [-0.1, -0.05) is 0 Å². The van der Waals surface area contributed by atoms with Gasteiger partial charge in [-0.2, -0.15) is 4.31 Å². The molecule has 0 bridgehead atoms. The van der Waals surface area contributed by atoms with Crippen LogP contribution in [0.1, 0.15) is 13.8 Å². The normalized spacial score (nSPS) is 9.62. The molecule has 0 saturated carbocycles. The van der Waals surface area contributed by atoms with Crippen molar-refractivity contribution in [1.29, 1.82) is 0 Å². The van der Waals surface area contributed by atoms with Crippen molar-refractivity contribution >= 4 is 24.1 Å². The highest BCUT2D eigenvalue weighted by atomic mass is 32.2. The van der Waals surface area contributed by atoms with Gasteiger partial charge in [-0.25, -0.2) is 9.59 Å². The standard InChI is InChI=1S/C7H14N2O3S/c1-5(2)12-7(11)9(13-4)6(10)8-3/h5H,1-4H3,(H,8,10). The number of carbonyl (C=O) groups is 2. The van der Waals surface area contributed by atoms with Gasteiger partial charge in [0, 0.05) is 13.3 Å². The lowest BCUT2D eigenvalue weighted by Gasteiger charge is -2.17. The van der Waals surface area contributed by atoms with Crippen molar-refractivity contribution in [2.45, 2.75) is 20.0 Å². The van der Waals surface area contributed by atoms with E-state index < -0.39 is 12.1 Å². The van der Waals surface area contributed by atoms with E-state index in [1.54, 1.807) is 20.1 Å². The minimum Gasteiger partial charge on any atom is -0.446 e. The molecule has 0 spiro atoms. The minimum atomic E-state index is -0.651. The first-order valence-electron chi connectivity index (χ1n) is 3.79. The second kappa shape index (κ2) is 5.69. The number of ether oxygens (including phenoxy) is 1. The smallest absolute Gasteiger partial charge is 0.428 e. The molecule has 0 aromatic carbocycles. The number of carbonyl (C=O) groups excluding carboxylic acids is 2. The van der Waals surface area contributed by atoms with Gasteiger partial charge in [0.05, 0.1) is 6.10 Å². The molecule has 0 rings (SSSR count). The van der Waals surface area contributed by atoms with Gasteiger partial charge >= 0.3 is 12.1 Å². The molecule has 0 aromatic rings. The van der Waals surface area contributed by atoms with Gasteiger partial charge in [0.15, 0.2) is 0 Å². The zero-order valence-electron chi connectivity index (χ0n) is 8.16. The van der Waals surface area contributed by atoms with E-state index in [1.165, 1.54) is 7.05 Å². The highest BCUT2D eigenvalue weighted by Gasteiger charge is 2.21. The number of nitrogens with zero attached hydrogens (tertiary/aromatic N) is 1. The summed E-state index contributed by atoms with van der Waals surface area (Å²) in [6.07, 6.45) is 0.741. The van der Waals surface area contributed by atoms with Crippen LogP contribution in [0.2, 0.25) is 0 Å². The Bertz CT molecular complexity index is 196. The SMILES string of the molecule is CNC(=O)N(SC)C(=O)OC(C)C. The summed E-state index contributed by atoms with van der Waals surface area (Å²) >= 11 is 0.999. The molecule has 13 heavy (non-hydrogen) atoms. The molecular weight excluding hydrogens is 192 g/mol. The Labute approximate surface area is 81.9 Å². The van der Waals surface area contributed by atoms with Crippen LogP contribution in [0.3, 0.4) is 0 Å². The lowest BCUT2D eigenvalue weighted by Crippen LogP contribution is -2.38. The number of imide groups is 1. The molecule has 0 aliphatic carbocycles. The van der Waals surface area contributed by atoms with Gasteiger partial charge in [0.2, 0.25) is 0 Å². The predicted molar refractivity (Wildman–Crippen MR) is 51.4 cm³/mol. The molecule has 0 radical (unpaired) electrons. The van der Waals surface area contributed by atoms with E-state index in [1.807, 2.05) is 0 Å². The van der Waals surface area contributed by atoms with Crippen LogP contribution in [0.5, 0.6) is 0 Å². The highest BCUT2D eigenvalue weighted by Crippen LogP contribution is 2.08. The first kappa shape index (κ1) is 12.1. The van der Waals surface area contributed by atoms with Crippen LogP contribution >= 0.6 is 11.9 Å². The molecular formula is C7H14N2O3S. The lowest BCUT2D eigenvalue weighted by molar-refractivity contribution is 0.103. The lowest BCUT2D eigenvalue weighted by atomic mass is 10.5. The Balaban J connectivity index is 4.23. The van der Waals surface area contributed by atoms with E-state index in [9.17, 15) is 9.59 Å². The van der Waals surface area contributed by atoms with Crippen LogP contribution < -0.4 is 5.32 Å². The van der Waals surface area contributed by atoms with E-state index in [0.29, 0.717) is 0 Å². The van der Waals surface area contributed by atoms with E-state index in [-0.39, 0.29) is 6.10 Å². The second-order valence-corrected chi connectivity index (χ2v) is 3.19. The third kappa shape index (κ3) is 4.02. The molecule has 0 aliphatic rings. The average Bonchev–Trinajstić information content (AvgIpc) is 2.03. The Kier molecular flexibility index (Phi) is 5.29. The molecule has 0 unspecified atom stereocenters. The quantitative estimate of drug-likeness (QED) is 0.695. The van der Waals surface area contributed by atoms with Gasteiger partial charge in [0.25, 0.3) is 0 Å². The first-order valence-corrected chi connectivity index (χ1v) is 4.97. The van der Waals surface area contributed by atoms with E-state index in [0.717, 1.165) is 16.3 Å². The Morgan fingerprint density at radius 1 is 1.46 bits per heavy atom. The molecule has 0 aliphatic heterocycles. The maximum atomic E-state index is 11.2. The molecule has 0 aromatic heterocycles. The molecule has 0 saturated heterocycles. The van der Waals surface area contributed by atoms with Crippen LogP contribution in [0.4, 0.5) is 9.59 Å². The van der Waals surface area contributed by atoms with E-state index in [2.05, 4.69) is 5.32 Å². The van der Waals surface area contributed by atoms with Crippen LogP contribution in [-0.4, -0.2) is 35.8 Å². The van der Waals surface area contributed by atoms with Gasteiger partial charge < -0.3 is 10.1 Å². The van der Waals surface area contributed by atoms with Crippen molar-refractivity contribution in [3.63, 3.8) is 0 Å². The molecule has 0 atom stereocenters. The Morgan fingerprint density at radius 3 is 2.31 bits per heavy atom. The zero-order valence-corrected chi connectivity index (χ0v) is 8.97. The van der Waals surface area contributed by atoms with Gasteiger partial charge in [0.1, 0.15) is 0 Å². The first-order chi connectivity index (χ1) is 6.02. The summed E-state index contributed by atoms with van der Waals surface area (Å²) in [6.45, 7) is 3.44. The summed E-state index contributed by atoms with van der Waals surface area (Å²) in [5.74, 6) is 0. The number of urea groups is 1. The van der Waals surface area contributed by atoms with Crippen LogP contribution in [0.25, 0.3) is 0 Å². The fraction of sp³-hybridized carbons (Fsp3) is 0.714. The largest absolute Gasteiger partial charge is 0.446 e. The van der Waals surface area contributed by atoms with Gasteiger partial charge in [-0.15, -0.1) is 0 Å². The number of amides is 3. The summed E-state index contributed by atoms with van der Waals surface area (Å²) in [5, 5.41) is 2.34. The van der Waals surface area contributed by atoms with Crippen molar-refractivity contribution in [2.75, 3.05) is 13.3 Å².